The molecule has 2 N–H and O–H groups in total. The minimum absolute atomic E-state index is 0.0320. The van der Waals surface area contributed by atoms with Gasteiger partial charge in [-0.2, -0.15) is 13.2 Å². The van der Waals surface area contributed by atoms with Crippen molar-refractivity contribution in [2.45, 2.75) is 50.4 Å². The summed E-state index contributed by atoms with van der Waals surface area (Å²) in [5.74, 6) is 0.440. The molecule has 0 saturated carbocycles. The number of benzene rings is 1. The zero-order chi connectivity index (χ0) is 20.7. The maximum Gasteiger partial charge on any atom is 0.431 e. The summed E-state index contributed by atoms with van der Waals surface area (Å²) in [5, 5.41) is 3.88. The van der Waals surface area contributed by atoms with Crippen molar-refractivity contribution in [2.24, 2.45) is 0 Å². The molecule has 3 heterocycles. The molecule has 0 spiro atoms. The Morgan fingerprint density at radius 2 is 1.87 bits per heavy atom. The highest BCUT2D eigenvalue weighted by Gasteiger charge is 2.36. The predicted molar refractivity (Wildman–Crippen MR) is 109 cm³/mol. The molecule has 2 unspecified atom stereocenters. The van der Waals surface area contributed by atoms with Gasteiger partial charge in [0.15, 0.2) is 0 Å². The maximum atomic E-state index is 13.2. The third kappa shape index (κ3) is 3.53. The topological polar surface area (TPSA) is 56.8 Å². The Hall–Kier alpha value is -2.61. The summed E-state index contributed by atoms with van der Waals surface area (Å²) >= 11 is 0. The minimum atomic E-state index is -4.45. The summed E-state index contributed by atoms with van der Waals surface area (Å²) in [7, 11) is 0. The maximum absolute atomic E-state index is 13.2. The number of aryl methyl sites for hydroxylation is 1. The van der Waals surface area contributed by atoms with Crippen molar-refractivity contribution in [1.82, 2.24) is 19.9 Å². The molecule has 30 heavy (non-hydrogen) atoms. The van der Waals surface area contributed by atoms with Gasteiger partial charge in [0.1, 0.15) is 23.5 Å². The molecule has 0 bridgehead atoms. The van der Waals surface area contributed by atoms with Gasteiger partial charge in [-0.25, -0.2) is 9.97 Å². The zero-order valence-corrected chi connectivity index (χ0v) is 16.5. The second kappa shape index (κ2) is 7.58. The van der Waals surface area contributed by atoms with Crippen molar-refractivity contribution in [2.75, 3.05) is 18.4 Å². The normalized spacial score (nSPS) is 22.8. The number of piperidine rings is 1. The fourth-order valence-corrected chi connectivity index (χ4v) is 4.91. The molecular formula is C22H24F3N5. The van der Waals surface area contributed by atoms with E-state index in [0.29, 0.717) is 11.2 Å². The molecule has 1 aliphatic heterocycles. The SMILES string of the molecule is FC(F)(F)c1cc2c(NC3c4ccccc4CCC3N3CCCCC3)ncnc2[nH]1. The summed E-state index contributed by atoms with van der Waals surface area (Å²) in [6, 6.07) is 9.69. The predicted octanol–water partition coefficient (Wildman–Crippen LogP) is 4.93. The summed E-state index contributed by atoms with van der Waals surface area (Å²) < 4.78 is 39.6. The highest BCUT2D eigenvalue weighted by atomic mass is 19.4. The number of rotatable bonds is 3. The lowest BCUT2D eigenvalue weighted by Gasteiger charge is -2.43. The summed E-state index contributed by atoms with van der Waals surface area (Å²) in [5.41, 5.74) is 1.88. The number of nitrogens with one attached hydrogen (secondary N) is 2. The monoisotopic (exact) mass is 415 g/mol. The molecule has 1 saturated heterocycles. The van der Waals surface area contributed by atoms with Crippen molar-refractivity contribution in [3.05, 3.63) is 53.5 Å². The number of fused-ring (bicyclic) bond motifs is 2. The molecule has 0 radical (unpaired) electrons. The summed E-state index contributed by atoms with van der Waals surface area (Å²) in [4.78, 5) is 13.2. The number of aromatic nitrogens is 3. The van der Waals surface area contributed by atoms with Crippen molar-refractivity contribution in [3.63, 3.8) is 0 Å². The third-order valence-electron chi connectivity index (χ3n) is 6.37. The first-order valence-electron chi connectivity index (χ1n) is 10.5. The number of alkyl halides is 3. The van der Waals surface area contributed by atoms with Crippen LogP contribution in [0.5, 0.6) is 0 Å². The molecule has 3 aromatic rings. The highest BCUT2D eigenvalue weighted by Crippen LogP contribution is 2.38. The van der Waals surface area contributed by atoms with Crippen LogP contribution in [0.3, 0.4) is 0 Å². The Labute approximate surface area is 172 Å². The second-order valence-electron chi connectivity index (χ2n) is 8.19. The van der Waals surface area contributed by atoms with Gasteiger partial charge in [0.2, 0.25) is 0 Å². The molecular weight excluding hydrogens is 391 g/mol. The molecule has 1 fully saturated rings. The molecule has 1 aliphatic carbocycles. The van der Waals surface area contributed by atoms with E-state index in [4.69, 9.17) is 0 Å². The molecule has 2 atom stereocenters. The molecule has 8 heteroatoms. The second-order valence-corrected chi connectivity index (χ2v) is 8.19. The quantitative estimate of drug-likeness (QED) is 0.637. The smallest absolute Gasteiger partial charge is 0.361 e. The van der Waals surface area contributed by atoms with Crippen molar-refractivity contribution in [1.29, 1.82) is 0 Å². The molecule has 2 aromatic heterocycles. The molecule has 1 aromatic carbocycles. The highest BCUT2D eigenvalue weighted by molar-refractivity contribution is 5.88. The molecule has 0 amide bonds. The molecule has 5 nitrogen and oxygen atoms in total. The van der Waals surface area contributed by atoms with Gasteiger partial charge in [0.25, 0.3) is 0 Å². The lowest BCUT2D eigenvalue weighted by Crippen LogP contribution is -2.47. The fourth-order valence-electron chi connectivity index (χ4n) is 4.91. The van der Waals surface area contributed by atoms with Gasteiger partial charge in [-0.15, -0.1) is 0 Å². The average Bonchev–Trinajstić information content (AvgIpc) is 3.21. The summed E-state index contributed by atoms with van der Waals surface area (Å²) in [6.45, 7) is 2.12. The van der Waals surface area contributed by atoms with Gasteiger partial charge < -0.3 is 10.3 Å². The fraction of sp³-hybridized carbons (Fsp3) is 0.455. The number of likely N-dealkylation sites (tertiary alicyclic amines) is 1. The van der Waals surface area contributed by atoms with Crippen LogP contribution in [-0.4, -0.2) is 39.0 Å². The average molecular weight is 415 g/mol. The van der Waals surface area contributed by atoms with E-state index in [1.54, 1.807) is 0 Å². The van der Waals surface area contributed by atoms with Crippen molar-refractivity contribution >= 4 is 16.9 Å². The number of hydrogen-bond donors (Lipinski definition) is 2. The molecule has 2 aliphatic rings. The van der Waals surface area contributed by atoms with E-state index in [-0.39, 0.29) is 17.7 Å². The van der Waals surface area contributed by atoms with Crippen molar-refractivity contribution < 1.29 is 13.2 Å². The van der Waals surface area contributed by atoms with E-state index in [9.17, 15) is 13.2 Å². The number of nitrogens with zero attached hydrogens (tertiary/aromatic N) is 3. The van der Waals surface area contributed by atoms with E-state index in [1.165, 1.54) is 36.7 Å². The van der Waals surface area contributed by atoms with Gasteiger partial charge in [0, 0.05) is 6.04 Å². The number of halogens is 3. The molecule has 158 valence electrons. The van der Waals surface area contributed by atoms with Gasteiger partial charge >= 0.3 is 6.18 Å². The van der Waals surface area contributed by atoms with Crippen LogP contribution in [0.15, 0.2) is 36.7 Å². The minimum Gasteiger partial charge on any atom is -0.361 e. The Morgan fingerprint density at radius 1 is 1.07 bits per heavy atom. The number of anilines is 1. The third-order valence-corrected chi connectivity index (χ3v) is 6.37. The number of hydrogen-bond acceptors (Lipinski definition) is 4. The number of aromatic amines is 1. The first-order valence-corrected chi connectivity index (χ1v) is 10.5. The first kappa shape index (κ1) is 19.4. The van der Waals surface area contributed by atoms with Crippen LogP contribution >= 0.6 is 0 Å². The Morgan fingerprint density at radius 3 is 2.67 bits per heavy atom. The summed E-state index contributed by atoms with van der Waals surface area (Å²) in [6.07, 6.45) is 2.53. The molecule has 5 rings (SSSR count). The van der Waals surface area contributed by atoms with Crippen LogP contribution in [0.2, 0.25) is 0 Å². The van der Waals surface area contributed by atoms with Gasteiger partial charge in [0.05, 0.1) is 11.4 Å². The first-order chi connectivity index (χ1) is 14.5. The van der Waals surface area contributed by atoms with Crippen LogP contribution in [0.4, 0.5) is 19.0 Å². The van der Waals surface area contributed by atoms with Crippen LogP contribution in [0.1, 0.15) is 48.5 Å². The van der Waals surface area contributed by atoms with Crippen LogP contribution in [-0.2, 0) is 12.6 Å². The van der Waals surface area contributed by atoms with Gasteiger partial charge in [-0.1, -0.05) is 30.7 Å². The van der Waals surface area contributed by atoms with Crippen LogP contribution in [0.25, 0.3) is 11.0 Å². The lowest BCUT2D eigenvalue weighted by atomic mass is 9.82. The number of H-pyrrole nitrogens is 1. The Bertz CT molecular complexity index is 1040. The van der Waals surface area contributed by atoms with E-state index >= 15 is 0 Å². The van der Waals surface area contributed by atoms with Crippen LogP contribution < -0.4 is 5.32 Å². The zero-order valence-electron chi connectivity index (χ0n) is 16.5. The van der Waals surface area contributed by atoms with Gasteiger partial charge in [-0.05, 0) is 56.0 Å². The Balaban J connectivity index is 1.54. The standard InChI is InChI=1S/C22H24F3N5/c23-22(24,25)18-12-16-20(28-18)26-13-27-21(16)29-19-15-7-3-2-6-14(15)8-9-17(19)30-10-4-1-5-11-30/h2-3,6-7,12-13,17,19H,1,4-5,8-11H2,(H2,26,27,28,29). The largest absolute Gasteiger partial charge is 0.431 e. The van der Waals surface area contributed by atoms with Crippen LogP contribution in [0, 0.1) is 0 Å². The Kier molecular flexibility index (Phi) is 4.89. The van der Waals surface area contributed by atoms with Crippen molar-refractivity contribution in [3.8, 4) is 0 Å². The van der Waals surface area contributed by atoms with E-state index in [1.807, 2.05) is 12.1 Å². The van der Waals surface area contributed by atoms with E-state index < -0.39 is 11.9 Å². The van der Waals surface area contributed by atoms with E-state index in [2.05, 4.69) is 37.3 Å². The van der Waals surface area contributed by atoms with Gasteiger partial charge in [-0.3, -0.25) is 4.90 Å². The van der Waals surface area contributed by atoms with E-state index in [0.717, 1.165) is 32.0 Å². The lowest BCUT2D eigenvalue weighted by molar-refractivity contribution is -0.140.